The van der Waals surface area contributed by atoms with Gasteiger partial charge in [-0.1, -0.05) is 30.3 Å². The summed E-state index contributed by atoms with van der Waals surface area (Å²) in [6.45, 7) is 14.7. The van der Waals surface area contributed by atoms with Gasteiger partial charge in [-0.15, -0.1) is 24.0 Å². The van der Waals surface area contributed by atoms with Crippen LogP contribution >= 0.6 is 24.0 Å². The second-order valence-corrected chi connectivity index (χ2v) is 8.81. The molecule has 6 nitrogen and oxygen atoms in total. The number of guanidine groups is 1. The maximum Gasteiger partial charge on any atom is 0.193 e. The molecular formula is C23H38IN5O. The molecule has 1 atom stereocenters. The Morgan fingerprint density at radius 1 is 1.07 bits per heavy atom. The van der Waals surface area contributed by atoms with Gasteiger partial charge in [0.05, 0.1) is 13.2 Å². The minimum absolute atomic E-state index is 0. The third kappa shape index (κ3) is 6.31. The Kier molecular flexibility index (Phi) is 9.22. The molecule has 7 heteroatoms. The van der Waals surface area contributed by atoms with Crippen molar-refractivity contribution in [3.05, 3.63) is 35.9 Å². The summed E-state index contributed by atoms with van der Waals surface area (Å²) >= 11 is 0. The van der Waals surface area contributed by atoms with Crippen LogP contribution in [0.4, 0.5) is 0 Å². The van der Waals surface area contributed by atoms with Gasteiger partial charge in [-0.2, -0.15) is 0 Å². The predicted molar refractivity (Wildman–Crippen MR) is 134 cm³/mol. The monoisotopic (exact) mass is 527 g/mol. The van der Waals surface area contributed by atoms with Gasteiger partial charge in [0, 0.05) is 70.9 Å². The van der Waals surface area contributed by atoms with Crippen LogP contribution in [0.5, 0.6) is 0 Å². The number of benzene rings is 1. The smallest absolute Gasteiger partial charge is 0.193 e. The Bertz CT molecular complexity index is 657. The van der Waals surface area contributed by atoms with Crippen molar-refractivity contribution < 1.29 is 4.74 Å². The number of nitrogens with zero attached hydrogens (tertiary/aromatic N) is 4. The van der Waals surface area contributed by atoms with Crippen molar-refractivity contribution in [3.8, 4) is 0 Å². The Morgan fingerprint density at radius 3 is 2.53 bits per heavy atom. The minimum atomic E-state index is 0. The number of rotatable bonds is 6. The highest BCUT2D eigenvalue weighted by molar-refractivity contribution is 14.0. The third-order valence-corrected chi connectivity index (χ3v) is 6.65. The van der Waals surface area contributed by atoms with Crippen molar-refractivity contribution in [1.29, 1.82) is 0 Å². The van der Waals surface area contributed by atoms with Crippen LogP contribution in [-0.4, -0.2) is 92.8 Å². The average Bonchev–Trinajstić information content (AvgIpc) is 3.39. The average molecular weight is 527 g/mol. The molecule has 1 aromatic rings. The van der Waals surface area contributed by atoms with Crippen LogP contribution in [0.1, 0.15) is 25.3 Å². The fourth-order valence-electron chi connectivity index (χ4n) is 4.82. The zero-order valence-corrected chi connectivity index (χ0v) is 20.7. The number of ether oxygens (including phenoxy) is 1. The summed E-state index contributed by atoms with van der Waals surface area (Å²) < 4.78 is 5.68. The fraction of sp³-hybridized carbons (Fsp3) is 0.696. The van der Waals surface area contributed by atoms with Crippen LogP contribution in [0.25, 0.3) is 0 Å². The van der Waals surface area contributed by atoms with Gasteiger partial charge in [-0.25, -0.2) is 0 Å². The summed E-state index contributed by atoms with van der Waals surface area (Å²) in [5.74, 6) is 1.10. The van der Waals surface area contributed by atoms with Crippen LogP contribution in [0.2, 0.25) is 0 Å². The first-order chi connectivity index (χ1) is 14.3. The fourth-order valence-corrected chi connectivity index (χ4v) is 4.82. The van der Waals surface area contributed by atoms with E-state index in [1.54, 1.807) is 0 Å². The Hall–Kier alpha value is -0.900. The van der Waals surface area contributed by atoms with Crippen LogP contribution in [0, 0.1) is 5.41 Å². The summed E-state index contributed by atoms with van der Waals surface area (Å²) in [7, 11) is 0. The molecule has 1 spiro atoms. The second-order valence-electron chi connectivity index (χ2n) is 8.81. The summed E-state index contributed by atoms with van der Waals surface area (Å²) in [5, 5.41) is 3.51. The normalized spacial score (nSPS) is 25.6. The van der Waals surface area contributed by atoms with E-state index < -0.39 is 0 Å². The van der Waals surface area contributed by atoms with E-state index in [9.17, 15) is 0 Å². The molecule has 4 rings (SSSR count). The molecule has 0 radical (unpaired) electrons. The SMILES string of the molecule is CCNC(=NCCN1CCN(Cc2ccccc2)CC1)N1CCC2(CCOC2)C1.I. The molecule has 168 valence electrons. The zero-order chi connectivity index (χ0) is 19.9. The third-order valence-electron chi connectivity index (χ3n) is 6.65. The lowest BCUT2D eigenvalue weighted by Gasteiger charge is -2.34. The van der Waals surface area contributed by atoms with Gasteiger partial charge >= 0.3 is 0 Å². The van der Waals surface area contributed by atoms with E-state index in [-0.39, 0.29) is 24.0 Å². The van der Waals surface area contributed by atoms with Gasteiger partial charge in [-0.3, -0.25) is 14.8 Å². The van der Waals surface area contributed by atoms with E-state index in [4.69, 9.17) is 9.73 Å². The van der Waals surface area contributed by atoms with Crippen molar-refractivity contribution in [2.75, 3.05) is 72.1 Å². The quantitative estimate of drug-likeness (QED) is 0.350. The lowest BCUT2D eigenvalue weighted by molar-refractivity contribution is 0.130. The van der Waals surface area contributed by atoms with Gasteiger partial charge in [0.1, 0.15) is 0 Å². The van der Waals surface area contributed by atoms with E-state index in [0.29, 0.717) is 5.41 Å². The van der Waals surface area contributed by atoms with Crippen LogP contribution in [0.15, 0.2) is 35.3 Å². The van der Waals surface area contributed by atoms with Crippen LogP contribution in [-0.2, 0) is 11.3 Å². The Labute approximate surface area is 199 Å². The van der Waals surface area contributed by atoms with Gasteiger partial charge < -0.3 is 15.0 Å². The van der Waals surface area contributed by atoms with E-state index in [1.165, 1.54) is 18.4 Å². The van der Waals surface area contributed by atoms with E-state index in [1.807, 2.05) is 0 Å². The molecule has 0 aromatic heterocycles. The first-order valence-electron chi connectivity index (χ1n) is 11.4. The molecule has 3 heterocycles. The first-order valence-corrected chi connectivity index (χ1v) is 11.4. The highest BCUT2D eigenvalue weighted by Crippen LogP contribution is 2.38. The summed E-state index contributed by atoms with van der Waals surface area (Å²) in [6.07, 6.45) is 2.44. The first kappa shape index (κ1) is 23.8. The zero-order valence-electron chi connectivity index (χ0n) is 18.4. The number of nitrogens with one attached hydrogen (secondary N) is 1. The Balaban J connectivity index is 0.00000256. The van der Waals surface area contributed by atoms with Crippen LogP contribution < -0.4 is 5.32 Å². The van der Waals surface area contributed by atoms with Gasteiger partial charge in [-0.05, 0) is 25.3 Å². The number of hydrogen-bond donors (Lipinski definition) is 1. The standard InChI is InChI=1S/C23H37N5O.HI/c1-2-24-22(28-11-8-23(19-28)9-17-29-20-23)25-10-12-26-13-15-27(16-14-26)18-21-6-4-3-5-7-21;/h3-7H,2,8-20H2,1H3,(H,24,25);1H. The highest BCUT2D eigenvalue weighted by Gasteiger charge is 2.42. The number of likely N-dealkylation sites (tertiary alicyclic amines) is 1. The molecule has 1 unspecified atom stereocenters. The molecule has 0 aliphatic carbocycles. The second kappa shape index (κ2) is 11.6. The van der Waals surface area contributed by atoms with Gasteiger partial charge in [0.25, 0.3) is 0 Å². The molecule has 3 saturated heterocycles. The highest BCUT2D eigenvalue weighted by atomic mass is 127. The van der Waals surface area contributed by atoms with Crippen molar-refractivity contribution in [2.45, 2.75) is 26.3 Å². The van der Waals surface area contributed by atoms with Gasteiger partial charge in [0.15, 0.2) is 5.96 Å². The van der Waals surface area contributed by atoms with Crippen molar-refractivity contribution in [2.24, 2.45) is 10.4 Å². The number of piperazine rings is 1. The lowest BCUT2D eigenvalue weighted by atomic mass is 9.87. The van der Waals surface area contributed by atoms with Crippen molar-refractivity contribution in [3.63, 3.8) is 0 Å². The summed E-state index contributed by atoms with van der Waals surface area (Å²) in [5.41, 5.74) is 1.79. The molecule has 0 bridgehead atoms. The van der Waals surface area contributed by atoms with Crippen molar-refractivity contribution >= 4 is 29.9 Å². The van der Waals surface area contributed by atoms with E-state index in [0.717, 1.165) is 84.6 Å². The van der Waals surface area contributed by atoms with Crippen molar-refractivity contribution in [1.82, 2.24) is 20.0 Å². The maximum atomic E-state index is 5.68. The largest absolute Gasteiger partial charge is 0.381 e. The molecule has 3 aliphatic heterocycles. The molecule has 3 aliphatic rings. The molecule has 1 N–H and O–H groups in total. The molecule has 30 heavy (non-hydrogen) atoms. The summed E-state index contributed by atoms with van der Waals surface area (Å²) in [4.78, 5) is 12.5. The molecule has 0 amide bonds. The lowest BCUT2D eigenvalue weighted by Crippen LogP contribution is -2.47. The molecular weight excluding hydrogens is 489 g/mol. The minimum Gasteiger partial charge on any atom is -0.381 e. The van der Waals surface area contributed by atoms with Gasteiger partial charge in [0.2, 0.25) is 0 Å². The number of hydrogen-bond acceptors (Lipinski definition) is 4. The van der Waals surface area contributed by atoms with Crippen LogP contribution in [0.3, 0.4) is 0 Å². The Morgan fingerprint density at radius 2 is 1.83 bits per heavy atom. The topological polar surface area (TPSA) is 43.3 Å². The number of aliphatic imine (C=N–C) groups is 1. The molecule has 0 saturated carbocycles. The van der Waals surface area contributed by atoms with E-state index in [2.05, 4.69) is 57.3 Å². The number of halogens is 1. The van der Waals surface area contributed by atoms with E-state index >= 15 is 0 Å². The predicted octanol–water partition coefficient (Wildman–Crippen LogP) is 2.50. The summed E-state index contributed by atoms with van der Waals surface area (Å²) in [6, 6.07) is 10.8. The molecule has 3 fully saturated rings. The molecule has 1 aromatic carbocycles. The maximum absolute atomic E-state index is 5.68.